The number of pyridine rings is 1. The van der Waals surface area contributed by atoms with Crippen LogP contribution < -0.4 is 20.3 Å². The third-order valence-electron chi connectivity index (χ3n) is 8.19. The molecule has 1 aromatic heterocycles. The number of β-amino-alcohol motifs (C(OH)–C–C–N with tert-alkyl or cyclic N) is 1. The molecule has 0 unspecified atom stereocenters. The van der Waals surface area contributed by atoms with Crippen molar-refractivity contribution in [2.45, 2.75) is 83.2 Å². The summed E-state index contributed by atoms with van der Waals surface area (Å²) in [7, 11) is -2.22. The van der Waals surface area contributed by atoms with Crippen molar-refractivity contribution in [3.8, 4) is 11.8 Å². The fourth-order valence-electron chi connectivity index (χ4n) is 4.72. The van der Waals surface area contributed by atoms with E-state index < -0.39 is 38.9 Å². The quantitative estimate of drug-likeness (QED) is 0.240. The van der Waals surface area contributed by atoms with Crippen LogP contribution in [0, 0.1) is 29.6 Å². The van der Waals surface area contributed by atoms with Crippen LogP contribution in [0.15, 0.2) is 42.5 Å². The SMILES string of the molecule is CC(C)S(=O)(=O)N(C)c1cc(C(=O)N[C@@H](Cc2ccccc2)[C@H](O)CNC(C)(C)C#CC2CC2)cc(NC[C@H]2C[C@@H]2C)n1. The van der Waals surface area contributed by atoms with Crippen LogP contribution in [-0.4, -0.2) is 67.5 Å². The number of aliphatic hydroxyl groups excluding tert-OH is 1. The summed E-state index contributed by atoms with van der Waals surface area (Å²) in [5.41, 5.74) is 0.742. The highest BCUT2D eigenvalue weighted by Gasteiger charge is 2.32. The summed E-state index contributed by atoms with van der Waals surface area (Å²) >= 11 is 0. The highest BCUT2D eigenvalue weighted by molar-refractivity contribution is 7.93. The van der Waals surface area contributed by atoms with Gasteiger partial charge < -0.3 is 15.7 Å². The van der Waals surface area contributed by atoms with Crippen molar-refractivity contribution < 1.29 is 18.3 Å². The molecule has 10 heteroatoms. The van der Waals surface area contributed by atoms with Gasteiger partial charge in [0.1, 0.15) is 11.6 Å². The number of benzene rings is 1. The fourth-order valence-corrected chi connectivity index (χ4v) is 5.71. The van der Waals surface area contributed by atoms with Crippen molar-refractivity contribution in [3.63, 3.8) is 0 Å². The minimum absolute atomic E-state index is 0.158. The molecule has 2 aliphatic carbocycles. The molecule has 4 rings (SSSR count). The molecule has 4 N–H and O–H groups in total. The molecule has 4 atom stereocenters. The van der Waals surface area contributed by atoms with Gasteiger partial charge in [0.05, 0.1) is 22.9 Å². The number of rotatable bonds is 14. The molecule has 43 heavy (non-hydrogen) atoms. The van der Waals surface area contributed by atoms with E-state index in [4.69, 9.17) is 0 Å². The number of hydrogen-bond acceptors (Lipinski definition) is 7. The van der Waals surface area contributed by atoms with E-state index in [1.54, 1.807) is 19.9 Å². The van der Waals surface area contributed by atoms with Gasteiger partial charge in [-0.05, 0) is 82.9 Å². The predicted molar refractivity (Wildman–Crippen MR) is 172 cm³/mol. The largest absolute Gasteiger partial charge is 0.390 e. The van der Waals surface area contributed by atoms with Crippen molar-refractivity contribution in [1.82, 2.24) is 15.6 Å². The van der Waals surface area contributed by atoms with E-state index in [0.29, 0.717) is 36.5 Å². The normalized spacial score (nSPS) is 19.6. The summed E-state index contributed by atoms with van der Waals surface area (Å²) < 4.78 is 27.1. The average Bonchev–Trinajstić information content (AvgIpc) is 3.91. The van der Waals surface area contributed by atoms with Crippen LogP contribution in [-0.2, 0) is 16.4 Å². The molecular weight excluding hydrogens is 562 g/mol. The Kier molecular flexibility index (Phi) is 10.4. The highest BCUT2D eigenvalue weighted by atomic mass is 32.2. The molecule has 0 aliphatic heterocycles. The Morgan fingerprint density at radius 1 is 1.19 bits per heavy atom. The Bertz CT molecular complexity index is 1430. The fraction of sp³-hybridized carbons (Fsp3) is 0.576. The number of amides is 1. The number of anilines is 2. The van der Waals surface area contributed by atoms with Crippen LogP contribution in [0.5, 0.6) is 0 Å². The van der Waals surface area contributed by atoms with Crippen molar-refractivity contribution in [1.29, 1.82) is 0 Å². The summed E-state index contributed by atoms with van der Waals surface area (Å²) in [5.74, 6) is 8.35. The highest BCUT2D eigenvalue weighted by Crippen LogP contribution is 2.37. The smallest absolute Gasteiger partial charge is 0.251 e. The first kappa shape index (κ1) is 32.8. The standard InChI is InChI=1S/C33H47N5O4S/c1-22(2)43(41,42)38(6)31-19-26(18-30(37-31)34-20-27-16-23(27)3)32(40)36-28(17-25-10-8-7-9-11-25)29(39)21-35-33(4,5)15-14-24-12-13-24/h7-11,18-19,22-24,27-29,35,39H,12-13,16-17,20-21H2,1-6H3,(H,34,37)(H,36,40)/t23-,27+,28-,29+/m0/s1. The summed E-state index contributed by atoms with van der Waals surface area (Å²) in [5, 5.41) is 20.3. The Morgan fingerprint density at radius 2 is 1.86 bits per heavy atom. The predicted octanol–water partition coefficient (Wildman–Crippen LogP) is 3.81. The van der Waals surface area contributed by atoms with Gasteiger partial charge in [-0.15, -0.1) is 0 Å². The molecule has 9 nitrogen and oxygen atoms in total. The zero-order valence-corrected chi connectivity index (χ0v) is 27.0. The molecule has 1 aromatic carbocycles. The second-order valence-electron chi connectivity index (χ2n) is 12.9. The monoisotopic (exact) mass is 609 g/mol. The van der Waals surface area contributed by atoms with Gasteiger partial charge in [0, 0.05) is 31.6 Å². The number of nitrogens with zero attached hydrogens (tertiary/aromatic N) is 2. The van der Waals surface area contributed by atoms with Crippen molar-refractivity contribution >= 4 is 27.6 Å². The Balaban J connectivity index is 1.56. The molecule has 2 aromatic rings. The number of carbonyl (C=O) groups is 1. The Labute approximate surface area is 257 Å². The van der Waals surface area contributed by atoms with Gasteiger partial charge in [-0.2, -0.15) is 0 Å². The molecule has 0 radical (unpaired) electrons. The number of aliphatic hydroxyl groups is 1. The van der Waals surface area contributed by atoms with Gasteiger partial charge >= 0.3 is 0 Å². The van der Waals surface area contributed by atoms with E-state index in [-0.39, 0.29) is 17.9 Å². The first-order chi connectivity index (χ1) is 20.2. The lowest BCUT2D eigenvalue weighted by Gasteiger charge is -2.28. The second-order valence-corrected chi connectivity index (χ2v) is 15.4. The maximum absolute atomic E-state index is 13.8. The van der Waals surface area contributed by atoms with E-state index in [9.17, 15) is 18.3 Å². The number of aromatic nitrogens is 1. The molecule has 0 bridgehead atoms. The van der Waals surface area contributed by atoms with Gasteiger partial charge in [0.25, 0.3) is 5.91 Å². The van der Waals surface area contributed by atoms with Crippen molar-refractivity contribution in [2.24, 2.45) is 17.8 Å². The van der Waals surface area contributed by atoms with Crippen LogP contribution >= 0.6 is 0 Å². The van der Waals surface area contributed by atoms with Crippen molar-refractivity contribution in [3.05, 3.63) is 53.6 Å². The van der Waals surface area contributed by atoms with Gasteiger partial charge in [-0.1, -0.05) is 49.1 Å². The molecule has 2 aliphatic rings. The third kappa shape index (κ3) is 9.43. The molecule has 0 spiro atoms. The topological polar surface area (TPSA) is 124 Å². The lowest BCUT2D eigenvalue weighted by Crippen LogP contribution is -2.52. The summed E-state index contributed by atoms with van der Waals surface area (Å²) in [6, 6.07) is 12.2. The number of nitrogens with one attached hydrogen (secondary N) is 3. The maximum Gasteiger partial charge on any atom is 0.251 e. The van der Waals surface area contributed by atoms with Crippen LogP contribution in [0.1, 0.15) is 69.8 Å². The Hall–Kier alpha value is -3.13. The number of carbonyl (C=O) groups excluding carboxylic acids is 1. The molecule has 1 amide bonds. The van der Waals surface area contributed by atoms with E-state index >= 15 is 0 Å². The number of sulfonamides is 1. The zero-order valence-electron chi connectivity index (χ0n) is 26.2. The van der Waals surface area contributed by atoms with Crippen LogP contribution in [0.2, 0.25) is 0 Å². The van der Waals surface area contributed by atoms with Gasteiger partial charge in [-0.3, -0.25) is 14.4 Å². The van der Waals surface area contributed by atoms with Crippen LogP contribution in [0.4, 0.5) is 11.6 Å². The lowest BCUT2D eigenvalue weighted by atomic mass is 9.99. The maximum atomic E-state index is 13.8. The van der Waals surface area contributed by atoms with E-state index in [0.717, 1.165) is 29.1 Å². The lowest BCUT2D eigenvalue weighted by molar-refractivity contribution is 0.0821. The van der Waals surface area contributed by atoms with E-state index in [1.165, 1.54) is 13.1 Å². The van der Waals surface area contributed by atoms with E-state index in [2.05, 4.69) is 39.7 Å². The van der Waals surface area contributed by atoms with E-state index in [1.807, 2.05) is 44.2 Å². The average molecular weight is 610 g/mol. The molecule has 234 valence electrons. The third-order valence-corrected chi connectivity index (χ3v) is 10.3. The molecule has 2 fully saturated rings. The minimum atomic E-state index is -3.67. The molecule has 2 saturated carbocycles. The summed E-state index contributed by atoms with van der Waals surface area (Å²) in [6.45, 7) is 10.3. The summed E-state index contributed by atoms with van der Waals surface area (Å²) in [6.07, 6.45) is 2.91. The van der Waals surface area contributed by atoms with Crippen LogP contribution in [0.3, 0.4) is 0 Å². The van der Waals surface area contributed by atoms with Gasteiger partial charge in [0.2, 0.25) is 10.0 Å². The zero-order chi connectivity index (χ0) is 31.4. The first-order valence-electron chi connectivity index (χ1n) is 15.3. The first-order valence-corrected chi connectivity index (χ1v) is 16.8. The molecular formula is C33H47N5O4S. The number of hydrogen-bond donors (Lipinski definition) is 4. The van der Waals surface area contributed by atoms with Crippen molar-refractivity contribution in [2.75, 3.05) is 29.8 Å². The Morgan fingerprint density at radius 3 is 2.47 bits per heavy atom. The second kappa shape index (κ2) is 13.7. The minimum Gasteiger partial charge on any atom is -0.390 e. The molecule has 0 saturated heterocycles. The molecule has 1 heterocycles. The van der Waals surface area contributed by atoms with Gasteiger partial charge in [-0.25, -0.2) is 13.4 Å². The summed E-state index contributed by atoms with van der Waals surface area (Å²) in [4.78, 5) is 18.3. The van der Waals surface area contributed by atoms with Crippen LogP contribution in [0.25, 0.3) is 0 Å². The van der Waals surface area contributed by atoms with Gasteiger partial charge in [0.15, 0.2) is 0 Å².